The number of aryl methyl sites for hydroxylation is 1. The quantitative estimate of drug-likeness (QED) is 0.172. The van der Waals surface area contributed by atoms with Crippen molar-refractivity contribution in [3.63, 3.8) is 0 Å². The predicted octanol–water partition coefficient (Wildman–Crippen LogP) is 5.07. The summed E-state index contributed by atoms with van der Waals surface area (Å²) in [6, 6.07) is 9.50. The molecule has 3 N–H and O–H groups in total. The number of imide groups is 1. The molecule has 15 heteroatoms. The largest absolute Gasteiger partial charge is 0.386 e. The maximum Gasteiger partial charge on any atom is 0.329 e. The number of anilines is 2. The number of hydrogen-bond acceptors (Lipinski definition) is 11. The van der Waals surface area contributed by atoms with Crippen molar-refractivity contribution in [2.75, 3.05) is 36.9 Å². The molecule has 1 aliphatic carbocycles. The molecule has 2 aliphatic heterocycles. The van der Waals surface area contributed by atoms with Gasteiger partial charge in [0.15, 0.2) is 0 Å². The van der Waals surface area contributed by atoms with Crippen molar-refractivity contribution in [1.29, 1.82) is 0 Å². The first-order chi connectivity index (χ1) is 26.9. The van der Waals surface area contributed by atoms with E-state index in [9.17, 15) is 24.3 Å². The van der Waals surface area contributed by atoms with E-state index < -0.39 is 17.6 Å². The smallest absolute Gasteiger partial charge is 0.329 e. The van der Waals surface area contributed by atoms with Crippen LogP contribution in [0.3, 0.4) is 0 Å². The molecule has 3 fully saturated rings. The topological polar surface area (TPSA) is 168 Å². The van der Waals surface area contributed by atoms with Gasteiger partial charge in [-0.25, -0.2) is 14.8 Å². The average Bonchev–Trinajstić information content (AvgIpc) is 3.72. The molecule has 294 valence electrons. The Labute approximate surface area is 328 Å². The van der Waals surface area contributed by atoms with Gasteiger partial charge in [-0.15, -0.1) is 11.3 Å². The third-order valence-corrected chi connectivity index (χ3v) is 13.2. The van der Waals surface area contributed by atoms with Crippen molar-refractivity contribution in [2.45, 2.75) is 88.8 Å². The van der Waals surface area contributed by atoms with Gasteiger partial charge in [0.05, 0.1) is 43.7 Å². The average molecular weight is 780 g/mol. The van der Waals surface area contributed by atoms with Crippen molar-refractivity contribution >= 4 is 61.7 Å². The van der Waals surface area contributed by atoms with E-state index in [1.807, 2.05) is 24.3 Å². The van der Waals surface area contributed by atoms with E-state index in [1.54, 1.807) is 41.4 Å². The minimum Gasteiger partial charge on any atom is -0.386 e. The molecule has 1 saturated carbocycles. The lowest BCUT2D eigenvalue weighted by Crippen LogP contribution is -2.45. The van der Waals surface area contributed by atoms with Gasteiger partial charge in [0.1, 0.15) is 11.7 Å². The fourth-order valence-electron chi connectivity index (χ4n) is 8.98. The number of carbonyl (C=O) groups excluding carboxylic acids is 3. The lowest BCUT2D eigenvalue weighted by Gasteiger charge is -2.40. The molecule has 14 nitrogen and oxygen atoms in total. The Hall–Kier alpha value is -4.99. The number of piperidine rings is 2. The zero-order valence-electron chi connectivity index (χ0n) is 32.3. The van der Waals surface area contributed by atoms with Gasteiger partial charge in [0, 0.05) is 68.7 Å². The lowest BCUT2D eigenvalue weighted by molar-refractivity contribution is -0.135. The van der Waals surface area contributed by atoms with E-state index in [1.165, 1.54) is 18.6 Å². The highest BCUT2D eigenvalue weighted by Gasteiger charge is 2.34. The molecule has 0 bridgehead atoms. The Morgan fingerprint density at radius 2 is 1.82 bits per heavy atom. The van der Waals surface area contributed by atoms with Crippen LogP contribution in [0.1, 0.15) is 98.2 Å². The number of carbonyl (C=O) groups is 3. The Morgan fingerprint density at radius 1 is 1.05 bits per heavy atom. The Morgan fingerprint density at radius 3 is 2.52 bits per heavy atom. The van der Waals surface area contributed by atoms with Gasteiger partial charge in [-0.05, 0) is 96.0 Å². The number of rotatable bonds is 9. The number of fused-ring (bicyclic) bond motifs is 2. The SMILES string of the molecule is CN(CC1CCC(c2nc3cc(C(C)(C)O)c(NC(=O)c4cnccn4)cc3s2)CC1)C1CCN(c2cccc3c2n(C)c(=O)n3C2CCC(=O)NC2=O)CC1. The molecule has 3 aromatic heterocycles. The van der Waals surface area contributed by atoms with E-state index >= 15 is 0 Å². The molecule has 2 aromatic carbocycles. The normalized spacial score (nSPS) is 21.2. The second-order valence-electron chi connectivity index (χ2n) is 16.2. The molecular weight excluding hydrogens is 731 g/mol. The summed E-state index contributed by atoms with van der Waals surface area (Å²) in [6.45, 7) is 6.21. The summed E-state index contributed by atoms with van der Waals surface area (Å²) in [6.07, 6.45) is 11.4. The van der Waals surface area contributed by atoms with Crippen molar-refractivity contribution in [3.05, 3.63) is 75.7 Å². The number of hydrogen-bond donors (Lipinski definition) is 3. The maximum absolute atomic E-state index is 13.5. The predicted molar refractivity (Wildman–Crippen MR) is 216 cm³/mol. The fourth-order valence-corrected chi connectivity index (χ4v) is 10.1. The molecule has 5 aromatic rings. The number of amides is 3. The van der Waals surface area contributed by atoms with Gasteiger partial charge in [-0.3, -0.25) is 33.8 Å². The standard InChI is InChI=1S/C41H49N9O5S/c1-41(2,55)27-20-29-34(21-28(27)44-37(52)30-22-42-16-17-43-30)56-39(45-29)25-10-8-24(9-11-25)23-47(3)26-14-18-49(19-15-26)31-6-5-7-32-36(31)48(4)40(54)50(32)33-12-13-35(51)46-38(33)53/h5-7,16-17,20-22,24-26,33,55H,8-15,18-19,23H2,1-4H3,(H,44,52)(H,46,51,53). The fraction of sp³-hybridized carbons (Fsp3) is 0.488. The summed E-state index contributed by atoms with van der Waals surface area (Å²) in [7, 11) is 4.02. The molecular formula is C41H49N9O5S. The van der Waals surface area contributed by atoms with Crippen LogP contribution in [0.4, 0.5) is 11.4 Å². The van der Waals surface area contributed by atoms with Crippen LogP contribution in [0.25, 0.3) is 21.3 Å². The van der Waals surface area contributed by atoms with Crippen LogP contribution in [0.15, 0.2) is 53.7 Å². The highest BCUT2D eigenvalue weighted by Crippen LogP contribution is 2.42. The van der Waals surface area contributed by atoms with Crippen LogP contribution in [0.2, 0.25) is 0 Å². The van der Waals surface area contributed by atoms with Crippen LogP contribution >= 0.6 is 11.3 Å². The first kappa shape index (κ1) is 37.9. The van der Waals surface area contributed by atoms with Crippen LogP contribution in [0, 0.1) is 5.92 Å². The van der Waals surface area contributed by atoms with E-state index in [2.05, 4.69) is 43.5 Å². The highest BCUT2D eigenvalue weighted by atomic mass is 32.1. The first-order valence-electron chi connectivity index (χ1n) is 19.6. The zero-order valence-corrected chi connectivity index (χ0v) is 33.1. The van der Waals surface area contributed by atoms with E-state index in [0.717, 1.165) is 90.1 Å². The van der Waals surface area contributed by atoms with Gasteiger partial charge >= 0.3 is 5.69 Å². The minimum atomic E-state index is -1.19. The number of thiazole rings is 1. The van der Waals surface area contributed by atoms with Crippen LogP contribution in [-0.4, -0.2) is 84.5 Å². The van der Waals surface area contributed by atoms with E-state index in [4.69, 9.17) is 4.98 Å². The number of benzene rings is 2. The van der Waals surface area contributed by atoms with Crippen molar-refractivity contribution in [2.24, 2.45) is 13.0 Å². The van der Waals surface area contributed by atoms with E-state index in [0.29, 0.717) is 35.5 Å². The highest BCUT2D eigenvalue weighted by molar-refractivity contribution is 7.18. The summed E-state index contributed by atoms with van der Waals surface area (Å²) in [5.74, 6) is -0.109. The Bertz CT molecular complexity index is 2350. The maximum atomic E-state index is 13.5. The monoisotopic (exact) mass is 779 g/mol. The summed E-state index contributed by atoms with van der Waals surface area (Å²) in [5, 5.41) is 17.4. The van der Waals surface area contributed by atoms with E-state index in [-0.39, 0.29) is 29.6 Å². The molecule has 5 heterocycles. The third kappa shape index (κ3) is 7.35. The van der Waals surface area contributed by atoms with Gasteiger partial charge in [0.2, 0.25) is 11.8 Å². The van der Waals surface area contributed by atoms with Gasteiger partial charge < -0.3 is 20.2 Å². The second kappa shape index (κ2) is 15.2. The molecule has 2 saturated heterocycles. The first-order valence-corrected chi connectivity index (χ1v) is 20.4. The Kier molecular flexibility index (Phi) is 10.3. The molecule has 56 heavy (non-hydrogen) atoms. The zero-order chi connectivity index (χ0) is 39.3. The number of imidazole rings is 1. The Balaban J connectivity index is 0.882. The minimum absolute atomic E-state index is 0.204. The molecule has 0 radical (unpaired) electrons. The molecule has 1 unspecified atom stereocenters. The van der Waals surface area contributed by atoms with Crippen LogP contribution in [-0.2, 0) is 22.2 Å². The number of nitrogens with one attached hydrogen (secondary N) is 2. The number of aromatic nitrogens is 5. The molecule has 0 spiro atoms. The van der Waals surface area contributed by atoms with Gasteiger partial charge in [-0.1, -0.05) is 6.07 Å². The summed E-state index contributed by atoms with van der Waals surface area (Å²) in [4.78, 5) is 69.0. The van der Waals surface area contributed by atoms with Crippen molar-refractivity contribution in [3.8, 4) is 0 Å². The number of aliphatic hydroxyl groups is 1. The van der Waals surface area contributed by atoms with Gasteiger partial charge in [0.25, 0.3) is 5.91 Å². The third-order valence-electron chi connectivity index (χ3n) is 12.0. The summed E-state index contributed by atoms with van der Waals surface area (Å²) < 4.78 is 4.17. The molecule has 1 atom stereocenters. The van der Waals surface area contributed by atoms with Crippen LogP contribution < -0.4 is 21.2 Å². The van der Waals surface area contributed by atoms with Crippen molar-refractivity contribution < 1.29 is 19.5 Å². The molecule has 3 amide bonds. The molecule has 3 aliphatic rings. The summed E-state index contributed by atoms with van der Waals surface area (Å²) in [5.41, 5.74) is 3.28. The number of nitrogens with zero attached hydrogens (tertiary/aromatic N) is 7. The number of para-hydroxylation sites is 1. The second-order valence-corrected chi connectivity index (χ2v) is 17.3. The van der Waals surface area contributed by atoms with Crippen molar-refractivity contribution in [1.82, 2.24) is 34.3 Å². The van der Waals surface area contributed by atoms with Gasteiger partial charge in [-0.2, -0.15) is 0 Å². The molecule has 8 rings (SSSR count). The van der Waals surface area contributed by atoms with Crippen LogP contribution in [0.5, 0.6) is 0 Å². The lowest BCUT2D eigenvalue weighted by atomic mass is 9.82. The summed E-state index contributed by atoms with van der Waals surface area (Å²) >= 11 is 1.67.